The Morgan fingerprint density at radius 3 is 2.82 bits per heavy atom. The van der Waals surface area contributed by atoms with Gasteiger partial charge in [-0.25, -0.2) is 4.98 Å². The molecule has 2 heterocycles. The number of aromatic nitrogens is 2. The molecule has 1 aromatic rings. The molecule has 0 unspecified atom stereocenters. The third kappa shape index (κ3) is 2.79. The van der Waals surface area contributed by atoms with Crippen molar-refractivity contribution < 1.29 is 5.11 Å². The van der Waals surface area contributed by atoms with Crippen LogP contribution in [0.3, 0.4) is 0 Å². The molecule has 2 rings (SSSR count). The lowest BCUT2D eigenvalue weighted by Crippen LogP contribution is -2.35. The maximum absolute atomic E-state index is 9.10. The first-order valence-corrected chi connectivity index (χ1v) is 6.18. The number of nitrogens with zero attached hydrogens (tertiary/aromatic N) is 3. The second-order valence-corrected chi connectivity index (χ2v) is 4.64. The van der Waals surface area contributed by atoms with Crippen molar-refractivity contribution in [2.75, 3.05) is 37.0 Å². The van der Waals surface area contributed by atoms with E-state index in [4.69, 9.17) is 16.7 Å². The van der Waals surface area contributed by atoms with E-state index < -0.39 is 0 Å². The van der Waals surface area contributed by atoms with Gasteiger partial charge in [0.15, 0.2) is 5.82 Å². The molecule has 1 fully saturated rings. The van der Waals surface area contributed by atoms with Gasteiger partial charge in [-0.05, 0) is 18.8 Å². The van der Waals surface area contributed by atoms with Crippen LogP contribution in [0.2, 0.25) is 5.02 Å². The van der Waals surface area contributed by atoms with E-state index in [9.17, 15) is 0 Å². The quantitative estimate of drug-likeness (QED) is 0.856. The Hall–Kier alpha value is -1.07. The molecule has 0 aromatic carbocycles. The third-order valence-corrected chi connectivity index (χ3v) is 3.39. The van der Waals surface area contributed by atoms with Gasteiger partial charge in [-0.1, -0.05) is 11.6 Å². The van der Waals surface area contributed by atoms with Crippen molar-refractivity contribution in [2.45, 2.75) is 12.8 Å². The molecular weight excluding hydrogens is 240 g/mol. The smallest absolute Gasteiger partial charge is 0.224 e. The fourth-order valence-electron chi connectivity index (χ4n) is 2.03. The molecule has 0 atom stereocenters. The van der Waals surface area contributed by atoms with Crippen molar-refractivity contribution in [3.8, 4) is 0 Å². The predicted molar refractivity (Wildman–Crippen MR) is 68.6 cm³/mol. The number of aliphatic hydroxyl groups is 1. The molecule has 17 heavy (non-hydrogen) atoms. The van der Waals surface area contributed by atoms with Gasteiger partial charge >= 0.3 is 0 Å². The van der Waals surface area contributed by atoms with E-state index in [-0.39, 0.29) is 6.61 Å². The largest absolute Gasteiger partial charge is 0.396 e. The number of piperidine rings is 1. The first kappa shape index (κ1) is 12.4. The molecule has 94 valence electrons. The average Bonchev–Trinajstić information content (AvgIpc) is 2.39. The van der Waals surface area contributed by atoms with E-state index in [0.717, 1.165) is 31.7 Å². The van der Waals surface area contributed by atoms with E-state index in [1.807, 2.05) is 0 Å². The molecular formula is C11H17ClN4O. The molecule has 1 aliphatic rings. The monoisotopic (exact) mass is 256 g/mol. The summed E-state index contributed by atoms with van der Waals surface area (Å²) in [5, 5.41) is 12.6. The summed E-state index contributed by atoms with van der Waals surface area (Å²) < 4.78 is 0. The van der Waals surface area contributed by atoms with Crippen LogP contribution >= 0.6 is 11.6 Å². The maximum atomic E-state index is 9.10. The minimum Gasteiger partial charge on any atom is -0.396 e. The SMILES string of the molecule is CNc1ncc(Cl)c(N2CCC(CO)CC2)n1. The van der Waals surface area contributed by atoms with Crippen molar-refractivity contribution in [1.29, 1.82) is 0 Å². The molecule has 0 amide bonds. The lowest BCUT2D eigenvalue weighted by atomic mass is 9.98. The summed E-state index contributed by atoms with van der Waals surface area (Å²) in [5.41, 5.74) is 0. The normalized spacial score (nSPS) is 17.2. The van der Waals surface area contributed by atoms with Crippen LogP contribution < -0.4 is 10.2 Å². The first-order valence-electron chi connectivity index (χ1n) is 5.80. The molecule has 0 aliphatic carbocycles. The van der Waals surface area contributed by atoms with Gasteiger partial charge in [-0.3, -0.25) is 0 Å². The third-order valence-electron chi connectivity index (χ3n) is 3.12. The summed E-state index contributed by atoms with van der Waals surface area (Å²) >= 11 is 6.11. The molecule has 5 nitrogen and oxygen atoms in total. The maximum Gasteiger partial charge on any atom is 0.224 e. The van der Waals surface area contributed by atoms with Crippen LogP contribution in [-0.4, -0.2) is 41.8 Å². The average molecular weight is 257 g/mol. The zero-order valence-corrected chi connectivity index (χ0v) is 10.6. The van der Waals surface area contributed by atoms with Crippen molar-refractivity contribution in [3.63, 3.8) is 0 Å². The Kier molecular flexibility index (Phi) is 4.02. The molecule has 6 heteroatoms. The van der Waals surface area contributed by atoms with Crippen LogP contribution in [-0.2, 0) is 0 Å². The van der Waals surface area contributed by atoms with Crippen molar-refractivity contribution in [2.24, 2.45) is 5.92 Å². The second kappa shape index (κ2) is 5.51. The fourth-order valence-corrected chi connectivity index (χ4v) is 2.24. The molecule has 1 aliphatic heterocycles. The van der Waals surface area contributed by atoms with E-state index in [0.29, 0.717) is 16.9 Å². The van der Waals surface area contributed by atoms with Crippen LogP contribution in [0.15, 0.2) is 6.20 Å². The van der Waals surface area contributed by atoms with Crippen LogP contribution in [0.1, 0.15) is 12.8 Å². The van der Waals surface area contributed by atoms with Crippen LogP contribution in [0.4, 0.5) is 11.8 Å². The minimum atomic E-state index is 0.271. The van der Waals surface area contributed by atoms with Gasteiger partial charge in [0.2, 0.25) is 5.95 Å². The highest BCUT2D eigenvalue weighted by molar-refractivity contribution is 6.32. The van der Waals surface area contributed by atoms with Gasteiger partial charge in [0.25, 0.3) is 0 Å². The number of hydrogen-bond donors (Lipinski definition) is 2. The van der Waals surface area contributed by atoms with Crippen LogP contribution in [0, 0.1) is 5.92 Å². The highest BCUT2D eigenvalue weighted by atomic mass is 35.5. The summed E-state index contributed by atoms with van der Waals surface area (Å²) in [7, 11) is 1.78. The Morgan fingerprint density at radius 2 is 2.24 bits per heavy atom. The number of halogens is 1. The summed E-state index contributed by atoms with van der Waals surface area (Å²) in [6, 6.07) is 0. The van der Waals surface area contributed by atoms with Crippen LogP contribution in [0.25, 0.3) is 0 Å². The lowest BCUT2D eigenvalue weighted by molar-refractivity contribution is 0.203. The zero-order chi connectivity index (χ0) is 12.3. The Labute approximate surface area is 106 Å². The zero-order valence-electron chi connectivity index (χ0n) is 9.86. The predicted octanol–water partition coefficient (Wildman–Crippen LogP) is 1.38. The molecule has 0 radical (unpaired) electrons. The number of nitrogens with one attached hydrogen (secondary N) is 1. The molecule has 0 saturated carbocycles. The lowest BCUT2D eigenvalue weighted by Gasteiger charge is -2.32. The summed E-state index contributed by atoms with van der Waals surface area (Å²) in [6.07, 6.45) is 3.57. The number of aliphatic hydroxyl groups excluding tert-OH is 1. The first-order chi connectivity index (χ1) is 8.24. The topological polar surface area (TPSA) is 61.3 Å². The van der Waals surface area contributed by atoms with E-state index >= 15 is 0 Å². The number of anilines is 2. The molecule has 0 bridgehead atoms. The van der Waals surface area contributed by atoms with Crippen molar-refractivity contribution in [1.82, 2.24) is 9.97 Å². The summed E-state index contributed by atoms with van der Waals surface area (Å²) in [6.45, 7) is 2.03. The Balaban J connectivity index is 2.12. The molecule has 1 saturated heterocycles. The highest BCUT2D eigenvalue weighted by Crippen LogP contribution is 2.27. The molecule has 0 spiro atoms. The molecule has 2 N–H and O–H groups in total. The second-order valence-electron chi connectivity index (χ2n) is 4.23. The van der Waals surface area contributed by atoms with E-state index in [1.165, 1.54) is 0 Å². The summed E-state index contributed by atoms with van der Waals surface area (Å²) in [4.78, 5) is 10.6. The number of rotatable bonds is 3. The van der Waals surface area contributed by atoms with Gasteiger partial charge in [0.05, 0.1) is 6.20 Å². The van der Waals surface area contributed by atoms with E-state index in [2.05, 4.69) is 20.2 Å². The number of hydrogen-bond acceptors (Lipinski definition) is 5. The van der Waals surface area contributed by atoms with Gasteiger partial charge < -0.3 is 15.3 Å². The van der Waals surface area contributed by atoms with Gasteiger partial charge in [0.1, 0.15) is 5.02 Å². The Morgan fingerprint density at radius 1 is 1.53 bits per heavy atom. The van der Waals surface area contributed by atoms with Gasteiger partial charge in [-0.15, -0.1) is 0 Å². The van der Waals surface area contributed by atoms with Crippen LogP contribution in [0.5, 0.6) is 0 Å². The van der Waals surface area contributed by atoms with Gasteiger partial charge in [0, 0.05) is 26.7 Å². The fraction of sp³-hybridized carbons (Fsp3) is 0.636. The summed E-state index contributed by atoms with van der Waals surface area (Å²) in [5.74, 6) is 1.77. The van der Waals surface area contributed by atoms with E-state index in [1.54, 1.807) is 13.2 Å². The Bertz CT molecular complexity index is 380. The molecule has 1 aromatic heterocycles. The van der Waals surface area contributed by atoms with Crippen molar-refractivity contribution in [3.05, 3.63) is 11.2 Å². The highest BCUT2D eigenvalue weighted by Gasteiger charge is 2.21. The van der Waals surface area contributed by atoms with Gasteiger partial charge in [-0.2, -0.15) is 4.98 Å². The van der Waals surface area contributed by atoms with Crippen molar-refractivity contribution >= 4 is 23.4 Å². The standard InChI is InChI=1S/C11H17ClN4O/c1-13-11-14-6-9(12)10(15-11)16-4-2-8(7-17)3-5-16/h6,8,17H,2-5,7H2,1H3,(H,13,14,15). The minimum absolute atomic E-state index is 0.271.